The van der Waals surface area contributed by atoms with Crippen molar-refractivity contribution in [3.05, 3.63) is 0 Å². The molecule has 5 atom stereocenters. The van der Waals surface area contributed by atoms with Crippen molar-refractivity contribution in [2.24, 2.45) is 11.8 Å². The molecule has 0 spiro atoms. The highest BCUT2D eigenvalue weighted by atomic mass is 16.5. The predicted molar refractivity (Wildman–Crippen MR) is 83.0 cm³/mol. The third kappa shape index (κ3) is 3.00. The van der Waals surface area contributed by atoms with Crippen LogP contribution in [0.4, 0.5) is 0 Å². The SMILES string of the molecule is CO[C@@H]1C[C@@H]2C[C@](C)(NCC(=O)N3CCC[C@H]3C#N)C[C@@H]2C1. The normalized spacial score (nSPS) is 40.7. The predicted octanol–water partition coefficient (Wildman–Crippen LogP) is 1.68. The van der Waals surface area contributed by atoms with Crippen molar-refractivity contribution in [1.29, 1.82) is 5.26 Å². The number of carbonyl (C=O) groups excluding carboxylic acids is 1. The molecule has 3 fully saturated rings. The average molecular weight is 305 g/mol. The third-order valence-corrected chi connectivity index (χ3v) is 5.95. The lowest BCUT2D eigenvalue weighted by Gasteiger charge is -2.29. The lowest BCUT2D eigenvalue weighted by molar-refractivity contribution is -0.130. The van der Waals surface area contributed by atoms with Crippen LogP contribution in [0.1, 0.15) is 45.4 Å². The van der Waals surface area contributed by atoms with Gasteiger partial charge in [0.25, 0.3) is 0 Å². The molecule has 1 saturated heterocycles. The van der Waals surface area contributed by atoms with Gasteiger partial charge < -0.3 is 15.0 Å². The van der Waals surface area contributed by atoms with Gasteiger partial charge in [-0.2, -0.15) is 5.26 Å². The van der Waals surface area contributed by atoms with E-state index in [1.54, 1.807) is 4.90 Å². The number of hydrogen-bond acceptors (Lipinski definition) is 4. The Morgan fingerprint density at radius 2 is 2.09 bits per heavy atom. The van der Waals surface area contributed by atoms with E-state index < -0.39 is 0 Å². The summed E-state index contributed by atoms with van der Waals surface area (Å²) in [5, 5.41) is 12.6. The van der Waals surface area contributed by atoms with Gasteiger partial charge in [-0.15, -0.1) is 0 Å². The quantitative estimate of drug-likeness (QED) is 0.858. The van der Waals surface area contributed by atoms with E-state index in [9.17, 15) is 4.79 Å². The molecule has 0 radical (unpaired) electrons. The minimum atomic E-state index is -0.215. The maximum atomic E-state index is 12.4. The fourth-order valence-electron chi connectivity index (χ4n) is 4.82. The van der Waals surface area contributed by atoms with Gasteiger partial charge in [0.1, 0.15) is 6.04 Å². The summed E-state index contributed by atoms with van der Waals surface area (Å²) in [4.78, 5) is 14.1. The smallest absolute Gasteiger partial charge is 0.237 e. The second-order valence-corrected chi connectivity index (χ2v) is 7.55. The molecule has 0 aromatic rings. The summed E-state index contributed by atoms with van der Waals surface area (Å²) >= 11 is 0. The van der Waals surface area contributed by atoms with Crippen molar-refractivity contribution in [2.45, 2.75) is 63.1 Å². The molecule has 0 bridgehead atoms. The molecule has 5 nitrogen and oxygen atoms in total. The van der Waals surface area contributed by atoms with Gasteiger partial charge in [-0.1, -0.05) is 0 Å². The molecule has 1 heterocycles. The number of carbonyl (C=O) groups is 1. The van der Waals surface area contributed by atoms with Crippen molar-refractivity contribution < 1.29 is 9.53 Å². The lowest BCUT2D eigenvalue weighted by atomic mass is 9.95. The van der Waals surface area contributed by atoms with E-state index in [0.29, 0.717) is 12.6 Å². The second-order valence-electron chi connectivity index (χ2n) is 7.55. The van der Waals surface area contributed by atoms with Crippen molar-refractivity contribution in [3.63, 3.8) is 0 Å². The summed E-state index contributed by atoms with van der Waals surface area (Å²) in [6.07, 6.45) is 6.79. The van der Waals surface area contributed by atoms with Gasteiger partial charge in [-0.05, 0) is 57.3 Å². The molecule has 0 aromatic heterocycles. The second kappa shape index (κ2) is 6.17. The zero-order valence-corrected chi connectivity index (χ0v) is 13.7. The molecular weight excluding hydrogens is 278 g/mol. The fourth-order valence-corrected chi connectivity index (χ4v) is 4.82. The molecule has 1 aliphatic heterocycles. The van der Waals surface area contributed by atoms with E-state index in [-0.39, 0.29) is 17.5 Å². The maximum absolute atomic E-state index is 12.4. The van der Waals surface area contributed by atoms with Crippen molar-refractivity contribution in [1.82, 2.24) is 10.2 Å². The summed E-state index contributed by atoms with van der Waals surface area (Å²) < 4.78 is 5.49. The fraction of sp³-hybridized carbons (Fsp3) is 0.882. The van der Waals surface area contributed by atoms with Crippen LogP contribution in [0.3, 0.4) is 0 Å². The van der Waals surface area contributed by atoms with Crippen molar-refractivity contribution in [2.75, 3.05) is 20.2 Å². The van der Waals surface area contributed by atoms with Crippen LogP contribution >= 0.6 is 0 Å². The highest BCUT2D eigenvalue weighted by molar-refractivity contribution is 5.79. The largest absolute Gasteiger partial charge is 0.381 e. The average Bonchev–Trinajstić information content (AvgIpc) is 3.17. The van der Waals surface area contributed by atoms with Crippen LogP contribution in [0.15, 0.2) is 0 Å². The molecule has 3 rings (SSSR count). The minimum absolute atomic E-state index is 0.0611. The summed E-state index contributed by atoms with van der Waals surface area (Å²) in [5.41, 5.74) is 0.0611. The summed E-state index contributed by atoms with van der Waals surface area (Å²) in [7, 11) is 1.81. The number of likely N-dealkylation sites (tertiary alicyclic amines) is 1. The molecule has 1 amide bonds. The first-order valence-corrected chi connectivity index (χ1v) is 8.51. The van der Waals surface area contributed by atoms with Gasteiger partial charge in [0.05, 0.1) is 18.7 Å². The zero-order chi connectivity index (χ0) is 15.7. The number of nitriles is 1. The van der Waals surface area contributed by atoms with Crippen LogP contribution in [0.2, 0.25) is 0 Å². The van der Waals surface area contributed by atoms with Gasteiger partial charge >= 0.3 is 0 Å². The maximum Gasteiger partial charge on any atom is 0.237 e. The Labute approximate surface area is 133 Å². The van der Waals surface area contributed by atoms with Gasteiger partial charge in [0.2, 0.25) is 5.91 Å². The number of hydrogen-bond donors (Lipinski definition) is 1. The zero-order valence-electron chi connectivity index (χ0n) is 13.7. The number of fused-ring (bicyclic) bond motifs is 1. The van der Waals surface area contributed by atoms with E-state index in [1.807, 2.05) is 7.11 Å². The molecule has 0 aromatic carbocycles. The standard InChI is InChI=1S/C17H27N3O2/c1-17(8-12-6-15(22-2)7-13(12)9-17)19-11-16(21)20-5-3-4-14(20)10-18/h12-15,19H,3-9,11H2,1-2H3/t12-,13+,14-,15-,17+/m0/s1. The van der Waals surface area contributed by atoms with Gasteiger partial charge in [0, 0.05) is 19.2 Å². The van der Waals surface area contributed by atoms with E-state index in [4.69, 9.17) is 10.00 Å². The van der Waals surface area contributed by atoms with Gasteiger partial charge in [-0.3, -0.25) is 4.79 Å². The van der Waals surface area contributed by atoms with Crippen molar-refractivity contribution in [3.8, 4) is 6.07 Å². The number of nitrogens with zero attached hydrogens (tertiary/aromatic N) is 2. The van der Waals surface area contributed by atoms with Gasteiger partial charge in [-0.25, -0.2) is 0 Å². The van der Waals surface area contributed by atoms with E-state index >= 15 is 0 Å². The molecular formula is C17H27N3O2. The Kier molecular flexibility index (Phi) is 4.42. The van der Waals surface area contributed by atoms with E-state index in [2.05, 4.69) is 18.3 Å². The molecule has 1 N–H and O–H groups in total. The molecule has 0 unspecified atom stereocenters. The minimum Gasteiger partial charge on any atom is -0.381 e. The summed E-state index contributed by atoms with van der Waals surface area (Å²) in [6, 6.07) is 2.02. The number of ether oxygens (including phenoxy) is 1. The first-order chi connectivity index (χ1) is 10.5. The monoisotopic (exact) mass is 305 g/mol. The third-order valence-electron chi connectivity index (χ3n) is 5.95. The van der Waals surface area contributed by atoms with Crippen LogP contribution < -0.4 is 5.32 Å². The Balaban J connectivity index is 1.50. The number of methoxy groups -OCH3 is 1. The number of nitrogens with one attached hydrogen (secondary N) is 1. The van der Waals surface area contributed by atoms with E-state index in [0.717, 1.165) is 56.9 Å². The van der Waals surface area contributed by atoms with Crippen LogP contribution in [0.25, 0.3) is 0 Å². The van der Waals surface area contributed by atoms with Crippen LogP contribution in [-0.2, 0) is 9.53 Å². The highest BCUT2D eigenvalue weighted by Gasteiger charge is 2.47. The Morgan fingerprint density at radius 3 is 2.68 bits per heavy atom. The van der Waals surface area contributed by atoms with Gasteiger partial charge in [0.15, 0.2) is 0 Å². The highest BCUT2D eigenvalue weighted by Crippen LogP contribution is 2.49. The number of amides is 1. The molecule has 3 aliphatic rings. The molecule has 22 heavy (non-hydrogen) atoms. The number of rotatable bonds is 4. The molecule has 122 valence electrons. The Morgan fingerprint density at radius 1 is 1.41 bits per heavy atom. The van der Waals surface area contributed by atoms with Crippen LogP contribution in [0.5, 0.6) is 0 Å². The lowest BCUT2D eigenvalue weighted by Crippen LogP contribution is -2.48. The summed E-state index contributed by atoms with van der Waals surface area (Å²) in [6.45, 7) is 3.34. The molecule has 5 heteroatoms. The van der Waals surface area contributed by atoms with E-state index in [1.165, 1.54) is 0 Å². The molecule has 2 saturated carbocycles. The summed E-state index contributed by atoms with van der Waals surface area (Å²) in [5.74, 6) is 1.55. The Bertz CT molecular complexity index is 459. The first kappa shape index (κ1) is 15.8. The van der Waals surface area contributed by atoms with Crippen LogP contribution in [-0.4, -0.2) is 48.7 Å². The first-order valence-electron chi connectivity index (χ1n) is 8.51. The topological polar surface area (TPSA) is 65.4 Å². The Hall–Kier alpha value is -1.12. The van der Waals surface area contributed by atoms with Crippen molar-refractivity contribution >= 4 is 5.91 Å². The molecule has 2 aliphatic carbocycles. The van der Waals surface area contributed by atoms with Crippen LogP contribution in [0, 0.1) is 23.2 Å².